The first-order valence-corrected chi connectivity index (χ1v) is 8.04. The number of nitrogens with zero attached hydrogens (tertiary/aromatic N) is 4. The maximum absolute atomic E-state index is 12.1. The minimum atomic E-state index is -0.401. The van der Waals surface area contributed by atoms with Crippen molar-refractivity contribution >= 4 is 5.91 Å². The van der Waals surface area contributed by atoms with Crippen molar-refractivity contribution in [3.05, 3.63) is 42.0 Å². The maximum atomic E-state index is 12.1. The summed E-state index contributed by atoms with van der Waals surface area (Å²) in [6, 6.07) is 5.70. The van der Waals surface area contributed by atoms with Gasteiger partial charge < -0.3 is 14.8 Å². The molecule has 0 aliphatic rings. The Morgan fingerprint density at radius 2 is 2.08 bits per heavy atom. The van der Waals surface area contributed by atoms with E-state index in [1.54, 1.807) is 17.1 Å². The molecule has 2 rings (SSSR count). The van der Waals surface area contributed by atoms with Crippen molar-refractivity contribution in [2.24, 2.45) is 0 Å². The molecule has 0 atom stereocenters. The second kappa shape index (κ2) is 9.74. The molecule has 2 aromatic rings. The van der Waals surface area contributed by atoms with Gasteiger partial charge in [0, 0.05) is 38.1 Å². The van der Waals surface area contributed by atoms with Gasteiger partial charge in [-0.1, -0.05) is 11.3 Å². The van der Waals surface area contributed by atoms with Crippen LogP contribution in [0.4, 0.5) is 0 Å². The Kier molecular flexibility index (Phi) is 7.31. The molecule has 0 aromatic carbocycles. The predicted octanol–water partition coefficient (Wildman–Crippen LogP) is 1.04. The molecule has 0 aliphatic carbocycles. The number of hydrogen-bond acceptors (Lipinski definition) is 6. The highest BCUT2D eigenvalue weighted by atomic mass is 16.7. The van der Waals surface area contributed by atoms with Gasteiger partial charge in [0.1, 0.15) is 0 Å². The van der Waals surface area contributed by atoms with Crippen LogP contribution in [0.25, 0.3) is 0 Å². The highest BCUT2D eigenvalue weighted by Crippen LogP contribution is 2.01. The lowest BCUT2D eigenvalue weighted by molar-refractivity contribution is -0.145. The van der Waals surface area contributed by atoms with E-state index >= 15 is 0 Å². The Morgan fingerprint density at radius 3 is 2.75 bits per heavy atom. The van der Waals surface area contributed by atoms with Crippen LogP contribution in [0.3, 0.4) is 0 Å². The lowest BCUT2D eigenvalue weighted by Crippen LogP contribution is -2.26. The van der Waals surface area contributed by atoms with Crippen molar-refractivity contribution in [1.82, 2.24) is 25.3 Å². The number of amides is 1. The summed E-state index contributed by atoms with van der Waals surface area (Å²) in [5.74, 6) is -0.262. The predicted molar refractivity (Wildman–Crippen MR) is 87.3 cm³/mol. The summed E-state index contributed by atoms with van der Waals surface area (Å²) in [5.41, 5.74) is 1.19. The molecule has 0 spiro atoms. The fraction of sp³-hybridized carbons (Fsp3) is 0.500. The summed E-state index contributed by atoms with van der Waals surface area (Å²) < 4.78 is 12.4. The third-order valence-corrected chi connectivity index (χ3v) is 3.21. The molecule has 8 nitrogen and oxygen atoms in total. The molecule has 24 heavy (non-hydrogen) atoms. The number of hydrogen-bond donors (Lipinski definition) is 1. The molecular formula is C16H23N5O3. The summed E-state index contributed by atoms with van der Waals surface area (Å²) in [7, 11) is 0. The Hall–Kier alpha value is -2.32. The molecule has 1 amide bonds. The molecule has 2 heterocycles. The summed E-state index contributed by atoms with van der Waals surface area (Å²) in [4.78, 5) is 16.3. The van der Waals surface area contributed by atoms with Crippen LogP contribution < -0.4 is 5.32 Å². The largest absolute Gasteiger partial charge is 0.351 e. The molecule has 0 bridgehead atoms. The third kappa shape index (κ3) is 5.71. The Morgan fingerprint density at radius 1 is 1.29 bits per heavy atom. The van der Waals surface area contributed by atoms with Crippen molar-refractivity contribution in [2.75, 3.05) is 19.8 Å². The number of nitrogens with one attached hydrogen (secondary N) is 1. The van der Waals surface area contributed by atoms with Gasteiger partial charge in [-0.2, -0.15) is 0 Å². The average molecular weight is 333 g/mol. The van der Waals surface area contributed by atoms with E-state index in [1.807, 2.05) is 32.0 Å². The second-order valence-corrected chi connectivity index (χ2v) is 4.99. The standard InChI is InChI=1S/C16H23N5O3/c1-3-23-15(24-4-2)12-21-11-14(19-20-21)16(22)18-10-8-13-7-5-6-9-17-13/h5-7,9,11,15H,3-4,8,10,12H2,1-2H3,(H,18,22). The maximum Gasteiger partial charge on any atom is 0.273 e. The SMILES string of the molecule is CCOC(Cn1cc(C(=O)NCCc2ccccn2)nn1)OCC. The van der Waals surface area contributed by atoms with Crippen LogP contribution in [-0.2, 0) is 22.4 Å². The summed E-state index contributed by atoms with van der Waals surface area (Å²) in [5, 5.41) is 10.6. The van der Waals surface area contributed by atoms with E-state index in [4.69, 9.17) is 9.47 Å². The van der Waals surface area contributed by atoms with Gasteiger partial charge in [-0.25, -0.2) is 4.68 Å². The highest BCUT2D eigenvalue weighted by Gasteiger charge is 2.14. The van der Waals surface area contributed by atoms with Gasteiger partial charge in [-0.05, 0) is 26.0 Å². The summed E-state index contributed by atoms with van der Waals surface area (Å²) in [6.07, 6.45) is 3.58. The minimum absolute atomic E-state index is 0.262. The van der Waals surface area contributed by atoms with Crippen molar-refractivity contribution in [3.63, 3.8) is 0 Å². The van der Waals surface area contributed by atoms with Crippen LogP contribution >= 0.6 is 0 Å². The molecule has 0 fully saturated rings. The van der Waals surface area contributed by atoms with E-state index in [-0.39, 0.29) is 11.6 Å². The summed E-state index contributed by atoms with van der Waals surface area (Å²) >= 11 is 0. The number of carbonyl (C=O) groups is 1. The van der Waals surface area contributed by atoms with E-state index in [2.05, 4.69) is 20.6 Å². The van der Waals surface area contributed by atoms with Crippen LogP contribution in [0, 0.1) is 0 Å². The zero-order chi connectivity index (χ0) is 17.2. The van der Waals surface area contributed by atoms with Gasteiger partial charge in [-0.15, -0.1) is 5.10 Å². The summed E-state index contributed by atoms with van der Waals surface area (Å²) in [6.45, 7) is 5.75. The van der Waals surface area contributed by atoms with Crippen LogP contribution in [-0.4, -0.2) is 51.9 Å². The molecule has 8 heteroatoms. The molecule has 2 aromatic heterocycles. The van der Waals surface area contributed by atoms with Gasteiger partial charge >= 0.3 is 0 Å². The molecule has 0 saturated heterocycles. The van der Waals surface area contributed by atoms with E-state index in [0.717, 1.165) is 5.69 Å². The molecule has 0 unspecified atom stereocenters. The molecule has 0 saturated carbocycles. The fourth-order valence-electron chi connectivity index (χ4n) is 2.11. The van der Waals surface area contributed by atoms with Crippen molar-refractivity contribution in [3.8, 4) is 0 Å². The number of ether oxygens (including phenoxy) is 2. The smallest absolute Gasteiger partial charge is 0.273 e. The monoisotopic (exact) mass is 333 g/mol. The van der Waals surface area contributed by atoms with Gasteiger partial charge in [-0.3, -0.25) is 9.78 Å². The van der Waals surface area contributed by atoms with Crippen molar-refractivity contribution in [2.45, 2.75) is 33.1 Å². The van der Waals surface area contributed by atoms with Gasteiger partial charge in [0.05, 0.1) is 12.7 Å². The number of aromatic nitrogens is 4. The van der Waals surface area contributed by atoms with E-state index in [0.29, 0.717) is 32.7 Å². The average Bonchev–Trinajstić information content (AvgIpc) is 3.05. The van der Waals surface area contributed by atoms with Crippen molar-refractivity contribution < 1.29 is 14.3 Å². The first kappa shape index (κ1) is 18.0. The molecular weight excluding hydrogens is 310 g/mol. The van der Waals surface area contributed by atoms with Gasteiger partial charge in [0.25, 0.3) is 5.91 Å². The fourth-order valence-corrected chi connectivity index (χ4v) is 2.11. The molecule has 1 N–H and O–H groups in total. The highest BCUT2D eigenvalue weighted by molar-refractivity contribution is 5.91. The normalized spacial score (nSPS) is 11.0. The first-order chi connectivity index (χ1) is 11.7. The van der Waals surface area contributed by atoms with E-state index < -0.39 is 6.29 Å². The minimum Gasteiger partial charge on any atom is -0.351 e. The van der Waals surface area contributed by atoms with E-state index in [1.165, 1.54) is 0 Å². The molecule has 130 valence electrons. The zero-order valence-corrected chi connectivity index (χ0v) is 14.0. The van der Waals surface area contributed by atoms with Crippen LogP contribution in [0.2, 0.25) is 0 Å². The van der Waals surface area contributed by atoms with Gasteiger partial charge in [0.2, 0.25) is 0 Å². The lowest BCUT2D eigenvalue weighted by atomic mass is 10.2. The number of rotatable bonds is 10. The van der Waals surface area contributed by atoms with E-state index in [9.17, 15) is 4.79 Å². The first-order valence-electron chi connectivity index (χ1n) is 8.04. The molecule has 0 radical (unpaired) electrons. The van der Waals surface area contributed by atoms with Crippen LogP contribution in [0.5, 0.6) is 0 Å². The Bertz CT molecular complexity index is 611. The number of carbonyl (C=O) groups excluding carboxylic acids is 1. The van der Waals surface area contributed by atoms with Gasteiger partial charge in [0.15, 0.2) is 12.0 Å². The molecule has 0 aliphatic heterocycles. The Labute approximate surface area is 141 Å². The van der Waals surface area contributed by atoms with Crippen LogP contribution in [0.1, 0.15) is 30.0 Å². The quantitative estimate of drug-likeness (QED) is 0.653. The number of pyridine rings is 1. The van der Waals surface area contributed by atoms with Crippen LogP contribution in [0.15, 0.2) is 30.6 Å². The topological polar surface area (TPSA) is 91.2 Å². The third-order valence-electron chi connectivity index (χ3n) is 3.21. The lowest BCUT2D eigenvalue weighted by Gasteiger charge is -2.16. The zero-order valence-electron chi connectivity index (χ0n) is 14.0. The Balaban J connectivity index is 1.81. The second-order valence-electron chi connectivity index (χ2n) is 4.99. The van der Waals surface area contributed by atoms with Crippen molar-refractivity contribution in [1.29, 1.82) is 0 Å².